The van der Waals surface area contributed by atoms with Crippen molar-refractivity contribution in [1.82, 2.24) is 14.5 Å². The van der Waals surface area contributed by atoms with Crippen LogP contribution in [0.2, 0.25) is 0 Å². The summed E-state index contributed by atoms with van der Waals surface area (Å²) in [5.41, 5.74) is 0.275. The maximum Gasteiger partial charge on any atom is 0.309 e. The van der Waals surface area contributed by atoms with Crippen LogP contribution < -0.4 is 4.72 Å². The smallest absolute Gasteiger partial charge is 0.309 e. The van der Waals surface area contributed by atoms with Crippen LogP contribution in [0.25, 0.3) is 0 Å². The summed E-state index contributed by atoms with van der Waals surface area (Å²) in [7, 11) is -0.702. The average Bonchev–Trinajstić information content (AvgIpc) is 2.79. The minimum Gasteiger partial charge on any atom is -0.466 e. The normalized spacial score (nSPS) is 14.8. The summed E-state index contributed by atoms with van der Waals surface area (Å²) in [4.78, 5) is 40.0. The molecule has 1 N–H and O–H groups in total. The van der Waals surface area contributed by atoms with Crippen LogP contribution in [0, 0.1) is 5.92 Å². The predicted octanol–water partition coefficient (Wildman–Crippen LogP) is 0.485. The number of ether oxygens (including phenoxy) is 2. The summed E-state index contributed by atoms with van der Waals surface area (Å²) >= 11 is 0. The highest BCUT2D eigenvalue weighted by Gasteiger charge is 2.29. The number of nitrogens with one attached hydrogen (secondary N) is 1. The zero-order valence-electron chi connectivity index (χ0n) is 18.7. The van der Waals surface area contributed by atoms with Gasteiger partial charge in [-0.25, -0.2) is 13.1 Å². The van der Waals surface area contributed by atoms with Gasteiger partial charge in [0, 0.05) is 39.4 Å². The number of sulfonamides is 1. The predicted molar refractivity (Wildman–Crippen MR) is 116 cm³/mol. The van der Waals surface area contributed by atoms with E-state index in [2.05, 4.69) is 4.72 Å². The molecule has 1 fully saturated rings. The molecule has 10 nitrogen and oxygen atoms in total. The first-order chi connectivity index (χ1) is 15.2. The van der Waals surface area contributed by atoms with Crippen LogP contribution >= 0.6 is 0 Å². The number of piperidine rings is 1. The molecule has 11 heteroatoms. The van der Waals surface area contributed by atoms with Crippen LogP contribution in [0.1, 0.15) is 30.1 Å². The van der Waals surface area contributed by atoms with E-state index in [1.165, 1.54) is 43.3 Å². The van der Waals surface area contributed by atoms with E-state index >= 15 is 0 Å². The summed E-state index contributed by atoms with van der Waals surface area (Å²) in [6.07, 6.45) is 1.08. The SMILES string of the molecule is CCOC(=O)C1CCN(C(=O)CN(C)C(=O)c2ccc(S(=O)(=O)NCCOC)cc2)CC1. The van der Waals surface area contributed by atoms with E-state index in [-0.39, 0.29) is 47.9 Å². The van der Waals surface area contributed by atoms with E-state index in [0.717, 1.165) is 0 Å². The molecule has 0 aliphatic carbocycles. The Hall–Kier alpha value is -2.50. The molecule has 1 aliphatic rings. The summed E-state index contributed by atoms with van der Waals surface area (Å²) < 4.78 is 36.7. The molecule has 0 bridgehead atoms. The standard InChI is InChI=1S/C21H31N3O7S/c1-4-31-21(27)17-9-12-24(13-10-17)19(25)15-23(2)20(26)16-5-7-18(8-6-16)32(28,29)22-11-14-30-3/h5-8,17,22H,4,9-15H2,1-3H3. The monoisotopic (exact) mass is 469 g/mol. The Morgan fingerprint density at radius 3 is 2.34 bits per heavy atom. The van der Waals surface area contributed by atoms with Gasteiger partial charge in [0.05, 0.1) is 30.6 Å². The van der Waals surface area contributed by atoms with Crippen LogP contribution in [-0.4, -0.2) is 89.6 Å². The van der Waals surface area contributed by atoms with Gasteiger partial charge in [0.1, 0.15) is 0 Å². The Morgan fingerprint density at radius 1 is 1.16 bits per heavy atom. The number of likely N-dealkylation sites (N-methyl/N-ethyl adjacent to an activating group) is 1. The number of hydrogen-bond acceptors (Lipinski definition) is 7. The van der Waals surface area contributed by atoms with Crippen molar-refractivity contribution in [3.05, 3.63) is 29.8 Å². The highest BCUT2D eigenvalue weighted by Crippen LogP contribution is 2.19. The summed E-state index contributed by atoms with van der Waals surface area (Å²) in [5, 5.41) is 0. The number of hydrogen-bond donors (Lipinski definition) is 1. The van der Waals surface area contributed by atoms with E-state index in [0.29, 0.717) is 32.5 Å². The van der Waals surface area contributed by atoms with Crippen LogP contribution in [0.15, 0.2) is 29.2 Å². The molecule has 1 aliphatic heterocycles. The van der Waals surface area contributed by atoms with Gasteiger partial charge in [-0.05, 0) is 44.0 Å². The number of nitrogens with zero attached hydrogens (tertiary/aromatic N) is 2. The van der Waals surface area contributed by atoms with Gasteiger partial charge in [0.2, 0.25) is 15.9 Å². The second kappa shape index (κ2) is 11.9. The second-order valence-electron chi connectivity index (χ2n) is 7.48. The molecule has 0 spiro atoms. The number of carbonyl (C=O) groups is 3. The first-order valence-corrected chi connectivity index (χ1v) is 12.0. The van der Waals surface area contributed by atoms with Crippen molar-refractivity contribution in [2.24, 2.45) is 5.92 Å². The number of benzene rings is 1. The average molecular weight is 470 g/mol. The van der Waals surface area contributed by atoms with Crippen molar-refractivity contribution in [2.75, 3.05) is 53.6 Å². The molecule has 1 saturated heterocycles. The van der Waals surface area contributed by atoms with Crippen LogP contribution in [0.4, 0.5) is 0 Å². The number of methoxy groups -OCH3 is 1. The topological polar surface area (TPSA) is 122 Å². The molecule has 2 rings (SSSR count). The molecule has 178 valence electrons. The zero-order valence-corrected chi connectivity index (χ0v) is 19.5. The summed E-state index contributed by atoms with van der Waals surface area (Å²) in [6, 6.07) is 5.52. The van der Waals surface area contributed by atoms with E-state index in [1.807, 2.05) is 0 Å². The minimum absolute atomic E-state index is 0.0355. The molecule has 0 atom stereocenters. The van der Waals surface area contributed by atoms with Gasteiger partial charge < -0.3 is 19.3 Å². The Labute approximate surface area is 188 Å². The van der Waals surface area contributed by atoms with Crippen molar-refractivity contribution in [2.45, 2.75) is 24.7 Å². The maximum absolute atomic E-state index is 12.7. The zero-order chi connectivity index (χ0) is 23.7. The van der Waals surface area contributed by atoms with Gasteiger partial charge in [0.25, 0.3) is 5.91 Å². The number of rotatable bonds is 10. The highest BCUT2D eigenvalue weighted by atomic mass is 32.2. The highest BCUT2D eigenvalue weighted by molar-refractivity contribution is 7.89. The Morgan fingerprint density at radius 2 is 1.78 bits per heavy atom. The molecule has 2 amide bonds. The van der Waals surface area contributed by atoms with E-state index < -0.39 is 15.9 Å². The van der Waals surface area contributed by atoms with Crippen LogP contribution in [-0.2, 0) is 29.1 Å². The Balaban J connectivity index is 1.89. The first-order valence-electron chi connectivity index (χ1n) is 10.5. The largest absolute Gasteiger partial charge is 0.466 e. The van der Waals surface area contributed by atoms with Crippen molar-refractivity contribution in [3.8, 4) is 0 Å². The molecular formula is C21H31N3O7S. The van der Waals surface area contributed by atoms with Gasteiger partial charge >= 0.3 is 5.97 Å². The third kappa shape index (κ3) is 7.01. The number of carbonyl (C=O) groups excluding carboxylic acids is 3. The minimum atomic E-state index is -3.69. The Kier molecular flexibility index (Phi) is 9.60. The van der Waals surface area contributed by atoms with Crippen LogP contribution in [0.3, 0.4) is 0 Å². The number of likely N-dealkylation sites (tertiary alicyclic amines) is 1. The summed E-state index contributed by atoms with van der Waals surface area (Å²) in [5.74, 6) is -1.02. The van der Waals surface area contributed by atoms with E-state index in [9.17, 15) is 22.8 Å². The Bertz CT molecular complexity index is 894. The van der Waals surface area contributed by atoms with Gasteiger partial charge in [-0.15, -0.1) is 0 Å². The quantitative estimate of drug-likeness (QED) is 0.391. The van der Waals surface area contributed by atoms with Gasteiger partial charge in [-0.1, -0.05) is 0 Å². The van der Waals surface area contributed by atoms with E-state index in [1.54, 1.807) is 11.8 Å². The fraction of sp³-hybridized carbons (Fsp3) is 0.571. The molecule has 0 saturated carbocycles. The third-order valence-electron chi connectivity index (χ3n) is 5.20. The maximum atomic E-state index is 12.7. The lowest BCUT2D eigenvalue weighted by Crippen LogP contribution is -2.45. The van der Waals surface area contributed by atoms with Crippen LogP contribution in [0.5, 0.6) is 0 Å². The van der Waals surface area contributed by atoms with Crippen molar-refractivity contribution < 1.29 is 32.3 Å². The number of amides is 2. The van der Waals surface area contributed by atoms with Gasteiger partial charge in [0.15, 0.2) is 0 Å². The lowest BCUT2D eigenvalue weighted by molar-refractivity contribution is -0.151. The van der Waals surface area contributed by atoms with Crippen molar-refractivity contribution in [1.29, 1.82) is 0 Å². The molecule has 0 radical (unpaired) electrons. The van der Waals surface area contributed by atoms with Gasteiger partial charge in [-0.2, -0.15) is 0 Å². The molecule has 1 aromatic carbocycles. The number of esters is 1. The molecule has 32 heavy (non-hydrogen) atoms. The van der Waals surface area contributed by atoms with Crippen molar-refractivity contribution in [3.63, 3.8) is 0 Å². The second-order valence-corrected chi connectivity index (χ2v) is 9.25. The third-order valence-corrected chi connectivity index (χ3v) is 6.67. The molecule has 1 aromatic rings. The molecule has 0 unspecified atom stereocenters. The fourth-order valence-corrected chi connectivity index (χ4v) is 4.37. The first kappa shape index (κ1) is 25.8. The lowest BCUT2D eigenvalue weighted by Gasteiger charge is -2.32. The fourth-order valence-electron chi connectivity index (χ4n) is 3.36. The van der Waals surface area contributed by atoms with Crippen molar-refractivity contribution >= 4 is 27.8 Å². The summed E-state index contributed by atoms with van der Waals surface area (Å²) in [6.45, 7) is 3.25. The molecular weight excluding hydrogens is 438 g/mol. The van der Waals surface area contributed by atoms with E-state index in [4.69, 9.17) is 9.47 Å². The van der Waals surface area contributed by atoms with Gasteiger partial charge in [-0.3, -0.25) is 14.4 Å². The molecule has 1 heterocycles. The molecule has 0 aromatic heterocycles. The lowest BCUT2D eigenvalue weighted by atomic mass is 9.97.